The molecule has 150 valence electrons. The first kappa shape index (κ1) is 20.5. The van der Waals surface area contributed by atoms with Crippen molar-refractivity contribution in [1.82, 2.24) is 10.3 Å². The fraction of sp³-hybridized carbons (Fsp3) is 0.217. The second kappa shape index (κ2) is 10.3. The molecular weight excluding hydrogens is 369 g/mol. The van der Waals surface area contributed by atoms with Gasteiger partial charge in [-0.15, -0.1) is 0 Å². The molecule has 0 unspecified atom stereocenters. The van der Waals surface area contributed by atoms with Gasteiger partial charge in [0.2, 0.25) is 5.91 Å². The Morgan fingerprint density at radius 3 is 2.55 bits per heavy atom. The van der Waals surface area contributed by atoms with Crippen LogP contribution in [0.1, 0.15) is 16.8 Å². The van der Waals surface area contributed by atoms with Crippen LogP contribution in [0.2, 0.25) is 0 Å². The van der Waals surface area contributed by atoms with Gasteiger partial charge in [-0.3, -0.25) is 9.78 Å². The summed E-state index contributed by atoms with van der Waals surface area (Å²) in [6.45, 7) is 1.33. The summed E-state index contributed by atoms with van der Waals surface area (Å²) in [5, 5.41) is 3.28. The fourth-order valence-electron chi connectivity index (χ4n) is 2.99. The minimum absolute atomic E-state index is 0.301. The predicted octanol–water partition coefficient (Wildman–Crippen LogP) is 3.23. The molecule has 0 saturated heterocycles. The minimum Gasteiger partial charge on any atom is -0.487 e. The maximum Gasteiger partial charge on any atom is 0.222 e. The number of amides is 1. The molecule has 5 nitrogen and oxygen atoms in total. The Bertz CT molecular complexity index is 917. The van der Waals surface area contributed by atoms with E-state index in [1.165, 1.54) is 12.1 Å². The van der Waals surface area contributed by atoms with Crippen molar-refractivity contribution < 1.29 is 13.9 Å². The van der Waals surface area contributed by atoms with Crippen molar-refractivity contribution in [3.8, 4) is 5.75 Å². The number of carbonyl (C=O) groups excluding carboxylic acids is 1. The Morgan fingerprint density at radius 1 is 1.07 bits per heavy atom. The number of rotatable bonds is 10. The van der Waals surface area contributed by atoms with Gasteiger partial charge in [0.05, 0.1) is 11.6 Å². The zero-order valence-corrected chi connectivity index (χ0v) is 16.1. The van der Waals surface area contributed by atoms with Gasteiger partial charge in [0.1, 0.15) is 18.2 Å². The zero-order chi connectivity index (χ0) is 20.5. The van der Waals surface area contributed by atoms with E-state index >= 15 is 0 Å². The molecule has 0 saturated carbocycles. The van der Waals surface area contributed by atoms with Crippen LogP contribution in [0.25, 0.3) is 0 Å². The number of carbonyl (C=O) groups is 1. The standard InChI is InChI=1S/C23H24FN3O2/c24-20-10-8-17(9-11-20)13-19(23(25)28)15-26-14-18-5-1-2-7-22(18)29-16-21-6-3-4-12-27-21/h1-12,19,26H,13-16H2,(H2,25,28)/t19-/m1/s1. The number of para-hydroxylation sites is 1. The monoisotopic (exact) mass is 393 g/mol. The van der Waals surface area contributed by atoms with Crippen LogP contribution < -0.4 is 15.8 Å². The molecule has 3 N–H and O–H groups in total. The summed E-state index contributed by atoms with van der Waals surface area (Å²) in [6, 6.07) is 19.5. The second-order valence-corrected chi connectivity index (χ2v) is 6.78. The Morgan fingerprint density at radius 2 is 1.83 bits per heavy atom. The van der Waals surface area contributed by atoms with E-state index in [-0.39, 0.29) is 17.6 Å². The quantitative estimate of drug-likeness (QED) is 0.554. The number of nitrogens with one attached hydrogen (secondary N) is 1. The summed E-state index contributed by atoms with van der Waals surface area (Å²) in [4.78, 5) is 16.1. The number of ether oxygens (including phenoxy) is 1. The third kappa shape index (κ3) is 6.40. The van der Waals surface area contributed by atoms with Crippen molar-refractivity contribution in [1.29, 1.82) is 0 Å². The van der Waals surface area contributed by atoms with Crippen molar-refractivity contribution in [3.05, 3.63) is 95.6 Å². The molecule has 0 fully saturated rings. The molecule has 0 radical (unpaired) electrons. The number of pyridine rings is 1. The maximum atomic E-state index is 13.1. The van der Waals surface area contributed by atoms with Crippen LogP contribution in [0.5, 0.6) is 5.75 Å². The zero-order valence-electron chi connectivity index (χ0n) is 16.1. The van der Waals surface area contributed by atoms with Gasteiger partial charge >= 0.3 is 0 Å². The molecule has 6 heteroatoms. The van der Waals surface area contributed by atoms with Crippen LogP contribution >= 0.6 is 0 Å². The molecule has 29 heavy (non-hydrogen) atoms. The van der Waals surface area contributed by atoms with Crippen molar-refractivity contribution in [2.45, 2.75) is 19.6 Å². The van der Waals surface area contributed by atoms with Gasteiger partial charge in [0.25, 0.3) is 0 Å². The first-order chi connectivity index (χ1) is 14.1. The summed E-state index contributed by atoms with van der Waals surface area (Å²) in [6.07, 6.45) is 2.19. The molecule has 1 atom stereocenters. The Kier molecular flexibility index (Phi) is 7.30. The molecule has 3 rings (SSSR count). The highest BCUT2D eigenvalue weighted by atomic mass is 19.1. The summed E-state index contributed by atoms with van der Waals surface area (Å²) in [5.74, 6) is -0.312. The van der Waals surface area contributed by atoms with Gasteiger partial charge < -0.3 is 15.8 Å². The predicted molar refractivity (Wildman–Crippen MR) is 110 cm³/mol. The lowest BCUT2D eigenvalue weighted by molar-refractivity contribution is -0.121. The molecular formula is C23H24FN3O2. The average Bonchev–Trinajstić information content (AvgIpc) is 2.74. The molecule has 1 aromatic heterocycles. The van der Waals surface area contributed by atoms with Crippen molar-refractivity contribution in [3.63, 3.8) is 0 Å². The summed E-state index contributed by atoms with van der Waals surface area (Å²) >= 11 is 0. The van der Waals surface area contributed by atoms with Crippen LogP contribution in [0.15, 0.2) is 72.9 Å². The Balaban J connectivity index is 1.55. The average molecular weight is 393 g/mol. The van der Waals surface area contributed by atoms with Crippen LogP contribution in [0.4, 0.5) is 4.39 Å². The van der Waals surface area contributed by atoms with Gasteiger partial charge in [0, 0.05) is 24.8 Å². The summed E-state index contributed by atoms with van der Waals surface area (Å²) in [7, 11) is 0. The van der Waals surface area contributed by atoms with Gasteiger partial charge in [-0.2, -0.15) is 0 Å². The second-order valence-electron chi connectivity index (χ2n) is 6.78. The smallest absolute Gasteiger partial charge is 0.222 e. The van der Waals surface area contributed by atoms with E-state index < -0.39 is 0 Å². The van der Waals surface area contributed by atoms with Crippen LogP contribution in [0.3, 0.4) is 0 Å². The molecule has 0 aliphatic carbocycles. The molecule has 0 aliphatic heterocycles. The molecule has 0 spiro atoms. The minimum atomic E-state index is -0.387. The van der Waals surface area contributed by atoms with E-state index in [0.29, 0.717) is 26.1 Å². The van der Waals surface area contributed by atoms with Gasteiger partial charge in [-0.25, -0.2) is 4.39 Å². The fourth-order valence-corrected chi connectivity index (χ4v) is 2.99. The molecule has 1 heterocycles. The number of hydrogen-bond acceptors (Lipinski definition) is 4. The highest BCUT2D eigenvalue weighted by molar-refractivity contribution is 5.77. The van der Waals surface area contributed by atoms with Crippen molar-refractivity contribution >= 4 is 5.91 Å². The van der Waals surface area contributed by atoms with Crippen LogP contribution in [0, 0.1) is 11.7 Å². The normalized spacial score (nSPS) is 11.8. The SMILES string of the molecule is NC(=O)[C@@H](CNCc1ccccc1OCc1ccccn1)Cc1ccc(F)cc1. The molecule has 1 amide bonds. The van der Waals surface area contributed by atoms with Gasteiger partial charge in [0.15, 0.2) is 0 Å². The summed E-state index contributed by atoms with van der Waals surface area (Å²) < 4.78 is 19.0. The topological polar surface area (TPSA) is 77.2 Å². The largest absolute Gasteiger partial charge is 0.487 e. The third-order valence-electron chi connectivity index (χ3n) is 4.58. The number of nitrogens with zero attached hydrogens (tertiary/aromatic N) is 1. The van der Waals surface area contributed by atoms with Gasteiger partial charge in [-0.1, -0.05) is 36.4 Å². The van der Waals surface area contributed by atoms with E-state index in [2.05, 4.69) is 10.3 Å². The van der Waals surface area contributed by atoms with Crippen molar-refractivity contribution in [2.75, 3.05) is 6.54 Å². The van der Waals surface area contributed by atoms with Gasteiger partial charge in [-0.05, 0) is 42.3 Å². The van der Waals surface area contributed by atoms with E-state index in [1.807, 2.05) is 42.5 Å². The summed E-state index contributed by atoms with van der Waals surface area (Å²) in [5.41, 5.74) is 8.25. The first-order valence-corrected chi connectivity index (χ1v) is 9.47. The van der Waals surface area contributed by atoms with Crippen LogP contribution in [-0.2, 0) is 24.4 Å². The lowest BCUT2D eigenvalue weighted by Gasteiger charge is -2.16. The van der Waals surface area contributed by atoms with E-state index in [1.54, 1.807) is 18.3 Å². The molecule has 2 aromatic carbocycles. The van der Waals surface area contributed by atoms with E-state index in [4.69, 9.17) is 10.5 Å². The van der Waals surface area contributed by atoms with E-state index in [0.717, 1.165) is 22.6 Å². The lowest BCUT2D eigenvalue weighted by Crippen LogP contribution is -2.34. The number of benzene rings is 2. The Hall–Kier alpha value is -3.25. The molecule has 0 bridgehead atoms. The molecule has 0 aliphatic rings. The number of hydrogen-bond donors (Lipinski definition) is 2. The highest BCUT2D eigenvalue weighted by Crippen LogP contribution is 2.19. The first-order valence-electron chi connectivity index (χ1n) is 9.47. The number of halogens is 1. The maximum absolute atomic E-state index is 13.1. The van der Waals surface area contributed by atoms with Crippen LogP contribution in [-0.4, -0.2) is 17.4 Å². The lowest BCUT2D eigenvalue weighted by atomic mass is 9.98. The van der Waals surface area contributed by atoms with E-state index in [9.17, 15) is 9.18 Å². The van der Waals surface area contributed by atoms with Crippen molar-refractivity contribution in [2.24, 2.45) is 11.7 Å². The number of aromatic nitrogens is 1. The third-order valence-corrected chi connectivity index (χ3v) is 4.58. The Labute approximate surface area is 169 Å². The molecule has 3 aromatic rings. The highest BCUT2D eigenvalue weighted by Gasteiger charge is 2.16. The number of nitrogens with two attached hydrogens (primary N) is 1. The number of primary amides is 1.